The van der Waals surface area contributed by atoms with Gasteiger partial charge in [0.1, 0.15) is 0 Å². The van der Waals surface area contributed by atoms with Gasteiger partial charge in [0.15, 0.2) is 46.6 Å². The first-order valence-corrected chi connectivity index (χ1v) is 45.1. The van der Waals surface area contributed by atoms with Crippen molar-refractivity contribution in [3.8, 4) is 142 Å². The first-order valence-electron chi connectivity index (χ1n) is 45.1. The van der Waals surface area contributed by atoms with E-state index in [0.717, 1.165) is 66.9 Å². The number of hydrogen-bond donors (Lipinski definition) is 0. The van der Waals surface area contributed by atoms with Crippen molar-refractivity contribution >= 4 is 65.4 Å². The molecule has 0 bridgehead atoms. The number of para-hydroxylation sites is 3. The monoisotopic (exact) mass is 1690 g/mol. The first-order chi connectivity index (χ1) is 64.8. The van der Waals surface area contributed by atoms with Crippen LogP contribution in [0.5, 0.6) is 0 Å². The Morgan fingerprint density at radius 1 is 0.174 bits per heavy atom. The molecule has 626 valence electrons. The molecular formula is C120H86N12. The van der Waals surface area contributed by atoms with Gasteiger partial charge in [-0.1, -0.05) is 399 Å². The second-order valence-electron chi connectivity index (χ2n) is 35.9. The molecule has 0 atom stereocenters. The summed E-state index contributed by atoms with van der Waals surface area (Å²) in [6.07, 6.45) is 0. The fourth-order valence-electron chi connectivity index (χ4n) is 21.0. The lowest BCUT2D eigenvalue weighted by molar-refractivity contribution is 0.663. The molecule has 0 saturated heterocycles. The minimum atomic E-state index is -0.185. The van der Waals surface area contributed by atoms with Crippen molar-refractivity contribution in [3.63, 3.8) is 0 Å². The Labute approximate surface area is 764 Å². The van der Waals surface area contributed by atoms with Gasteiger partial charge in [-0.2, -0.15) is 9.97 Å². The number of benzene rings is 17. The van der Waals surface area contributed by atoms with Crippen molar-refractivity contribution in [2.75, 3.05) is 0 Å². The summed E-state index contributed by atoms with van der Waals surface area (Å²) < 4.78 is 7.15. The van der Waals surface area contributed by atoms with E-state index in [1.54, 1.807) is 0 Å². The number of hydrogen-bond acceptors (Lipinski definition) is 9. The number of rotatable bonds is 11. The van der Waals surface area contributed by atoms with Gasteiger partial charge in [-0.05, 0) is 121 Å². The zero-order valence-electron chi connectivity index (χ0n) is 73.6. The molecule has 6 aromatic heterocycles. The molecule has 0 aliphatic heterocycles. The Morgan fingerprint density at radius 3 is 0.758 bits per heavy atom. The van der Waals surface area contributed by atoms with Crippen molar-refractivity contribution in [2.45, 2.75) is 57.8 Å². The molecule has 0 fully saturated rings. The van der Waals surface area contributed by atoms with Crippen LogP contribution in [-0.4, -0.2) is 58.6 Å². The SMILES string of the molecule is CC1(C)c2ccccc2-c2ccc3c4ccccc4n(-c4ccc(-c5nc(-c6ccccc6)nc(-c6ccccc6)n5)cc4)c3c21.CC1(C)c2ccccc2-c2ccc3c4ccccc4n(-c4cccc(-c5nc(-c6ccccc6)nc(-c6ccccc6)n5)c4)c3c21.CC1(C)c2ccccc2-c2ccc3c4ccccc4n(-c4nc(-c5ccccc5)nc(-c5ccccc5)n4)c3c21. The topological polar surface area (TPSA) is 131 Å². The fraction of sp³-hybridized carbons (Fsp3) is 0.0750. The summed E-state index contributed by atoms with van der Waals surface area (Å²) in [6.45, 7) is 14.1. The van der Waals surface area contributed by atoms with Gasteiger partial charge in [0.05, 0.1) is 33.1 Å². The van der Waals surface area contributed by atoms with E-state index >= 15 is 0 Å². The molecule has 12 heteroatoms. The highest BCUT2D eigenvalue weighted by atomic mass is 15.2. The van der Waals surface area contributed by atoms with Crippen LogP contribution in [-0.2, 0) is 16.2 Å². The van der Waals surface area contributed by atoms with Crippen LogP contribution in [0, 0.1) is 0 Å². The maximum atomic E-state index is 5.14. The van der Waals surface area contributed by atoms with Gasteiger partial charge < -0.3 is 9.13 Å². The second-order valence-corrected chi connectivity index (χ2v) is 35.9. The Kier molecular flexibility index (Phi) is 18.6. The summed E-state index contributed by atoms with van der Waals surface area (Å²) in [4.78, 5) is 44.9. The largest absolute Gasteiger partial charge is 0.309 e. The van der Waals surface area contributed by atoms with Gasteiger partial charge in [-0.25, -0.2) is 34.9 Å². The van der Waals surface area contributed by atoms with E-state index in [2.05, 4.69) is 310 Å². The summed E-state index contributed by atoms with van der Waals surface area (Å²) in [7, 11) is 0. The summed E-state index contributed by atoms with van der Waals surface area (Å²) in [5, 5.41) is 7.44. The Balaban J connectivity index is 0.000000110. The van der Waals surface area contributed by atoms with Gasteiger partial charge in [-0.3, -0.25) is 4.57 Å². The minimum Gasteiger partial charge on any atom is -0.309 e. The lowest BCUT2D eigenvalue weighted by Crippen LogP contribution is -2.17. The molecule has 132 heavy (non-hydrogen) atoms. The van der Waals surface area contributed by atoms with Gasteiger partial charge in [0.2, 0.25) is 5.95 Å². The molecule has 23 aromatic rings. The zero-order valence-corrected chi connectivity index (χ0v) is 73.6. The number of aromatic nitrogens is 12. The molecular weight excluding hydrogens is 1610 g/mol. The van der Waals surface area contributed by atoms with Crippen molar-refractivity contribution < 1.29 is 0 Å². The van der Waals surface area contributed by atoms with E-state index in [9.17, 15) is 0 Å². The average molecular weight is 1700 g/mol. The Hall–Kier alpha value is -16.8. The lowest BCUT2D eigenvalue weighted by Gasteiger charge is -2.23. The highest BCUT2D eigenvalue weighted by molar-refractivity contribution is 6.16. The molecule has 3 aliphatic rings. The van der Waals surface area contributed by atoms with E-state index < -0.39 is 0 Å². The third-order valence-electron chi connectivity index (χ3n) is 27.1. The Morgan fingerprint density at radius 2 is 0.424 bits per heavy atom. The van der Waals surface area contributed by atoms with E-state index in [-0.39, 0.29) is 16.2 Å². The van der Waals surface area contributed by atoms with Gasteiger partial charge in [0, 0.05) is 104 Å². The van der Waals surface area contributed by atoms with E-state index in [1.165, 1.54) is 121 Å². The third kappa shape index (κ3) is 12.9. The summed E-state index contributed by atoms with van der Waals surface area (Å²) in [5.74, 6) is 5.87. The van der Waals surface area contributed by atoms with Crippen molar-refractivity contribution in [3.05, 3.63) is 446 Å². The normalized spacial score (nSPS) is 13.3. The third-order valence-corrected chi connectivity index (χ3v) is 27.1. The van der Waals surface area contributed by atoms with E-state index in [4.69, 9.17) is 44.9 Å². The number of fused-ring (bicyclic) bond motifs is 21. The highest BCUT2D eigenvalue weighted by Crippen LogP contribution is 2.57. The molecule has 17 aromatic carbocycles. The molecule has 0 spiro atoms. The van der Waals surface area contributed by atoms with Crippen LogP contribution in [0.4, 0.5) is 0 Å². The van der Waals surface area contributed by atoms with Crippen molar-refractivity contribution in [1.29, 1.82) is 0 Å². The highest BCUT2D eigenvalue weighted by Gasteiger charge is 2.42. The van der Waals surface area contributed by atoms with Crippen LogP contribution in [0.15, 0.2) is 413 Å². The minimum absolute atomic E-state index is 0.135. The van der Waals surface area contributed by atoms with Crippen LogP contribution in [0.25, 0.3) is 207 Å². The average Bonchev–Trinajstić information content (AvgIpc) is 1.53. The van der Waals surface area contributed by atoms with Crippen molar-refractivity contribution in [1.82, 2.24) is 58.6 Å². The fourth-order valence-corrected chi connectivity index (χ4v) is 21.0. The van der Waals surface area contributed by atoms with Gasteiger partial charge in [-0.15, -0.1) is 0 Å². The van der Waals surface area contributed by atoms with Crippen LogP contribution < -0.4 is 0 Å². The Bertz CT molecular complexity index is 8340. The van der Waals surface area contributed by atoms with Crippen LogP contribution in [0.3, 0.4) is 0 Å². The van der Waals surface area contributed by atoms with Gasteiger partial charge >= 0.3 is 0 Å². The van der Waals surface area contributed by atoms with Crippen LogP contribution >= 0.6 is 0 Å². The molecule has 0 radical (unpaired) electrons. The maximum Gasteiger partial charge on any atom is 0.238 e. The van der Waals surface area contributed by atoms with Crippen molar-refractivity contribution in [2.24, 2.45) is 0 Å². The lowest BCUT2D eigenvalue weighted by atomic mass is 9.81. The molecule has 6 heterocycles. The van der Waals surface area contributed by atoms with E-state index in [0.29, 0.717) is 52.5 Å². The molecule has 0 amide bonds. The number of nitrogens with zero attached hydrogens (tertiary/aromatic N) is 12. The summed E-state index contributed by atoms with van der Waals surface area (Å²) in [6, 6.07) is 144. The van der Waals surface area contributed by atoms with E-state index in [1.807, 2.05) is 158 Å². The van der Waals surface area contributed by atoms with Crippen LogP contribution in [0.2, 0.25) is 0 Å². The molecule has 12 nitrogen and oxygen atoms in total. The van der Waals surface area contributed by atoms with Gasteiger partial charge in [0.25, 0.3) is 0 Å². The predicted molar refractivity (Wildman–Crippen MR) is 539 cm³/mol. The quantitative estimate of drug-likeness (QED) is 0.124. The standard InChI is InChI=1S/2C42H30N4.C36H26N4/c1-42(2)35-22-11-9-20-31(35)33-24-25-34-32-21-10-12-23-36(32)46(38(34)37(33)42)30-19-13-18-29(26-30)41-44-39(27-14-5-3-6-15-27)43-40(45-41)28-16-7-4-8-17-28;1-42(2)35-19-11-9-17-31(35)33-25-26-34-32-18-10-12-20-36(32)46(38(34)37(33)42)30-23-21-29(22-24-30)41-44-39(27-13-5-3-6-14-27)43-40(45-41)28-15-7-4-8-16-28;1-36(2)29-19-11-9-17-25(29)27-21-22-28-26-18-10-12-20-30(26)40(32(28)31(27)36)35-38-33(23-13-5-3-6-14-23)37-34(39-35)24-15-7-4-8-16-24/h2*3-26H,1-2H3;3-22H,1-2H3. The molecule has 0 saturated carbocycles. The molecule has 26 rings (SSSR count). The molecule has 0 N–H and O–H groups in total. The molecule has 0 unspecified atom stereocenters. The smallest absolute Gasteiger partial charge is 0.238 e. The predicted octanol–water partition coefficient (Wildman–Crippen LogP) is 29.2. The first kappa shape index (κ1) is 78.6. The maximum absolute atomic E-state index is 5.14. The molecule has 3 aliphatic carbocycles. The summed E-state index contributed by atoms with van der Waals surface area (Å²) in [5.41, 5.74) is 32.5. The zero-order chi connectivity index (χ0) is 88.5. The van der Waals surface area contributed by atoms with Crippen LogP contribution in [0.1, 0.15) is 74.9 Å². The second kappa shape index (κ2) is 31.3. The summed E-state index contributed by atoms with van der Waals surface area (Å²) >= 11 is 0.